The van der Waals surface area contributed by atoms with Gasteiger partial charge in [0.1, 0.15) is 0 Å². The summed E-state index contributed by atoms with van der Waals surface area (Å²) in [6.45, 7) is 0. The molecule has 190 valence electrons. The number of hydrogen-bond acceptors (Lipinski definition) is 5. The summed E-state index contributed by atoms with van der Waals surface area (Å²) in [6, 6.07) is 13.2. The highest BCUT2D eigenvalue weighted by Crippen LogP contribution is 2.37. The molecule has 0 radical (unpaired) electrons. The van der Waals surface area contributed by atoms with Crippen LogP contribution in [-0.4, -0.2) is 35.0 Å². The number of ketones is 2. The Kier molecular flexibility index (Phi) is 8.83. The number of benzene rings is 2. The van der Waals surface area contributed by atoms with E-state index in [1.54, 1.807) is 12.1 Å². The van der Waals surface area contributed by atoms with Crippen molar-refractivity contribution >= 4 is 11.6 Å². The first-order valence-electron chi connectivity index (χ1n) is 13.2. The van der Waals surface area contributed by atoms with Crippen molar-refractivity contribution in [1.29, 1.82) is 0 Å². The number of aliphatic hydroxyl groups excluding tert-OH is 1. The van der Waals surface area contributed by atoms with E-state index in [1.807, 2.05) is 30.3 Å². The molecule has 5 heteroatoms. The van der Waals surface area contributed by atoms with E-state index in [4.69, 9.17) is 4.74 Å². The average molecular weight is 489 g/mol. The number of hydrogen-bond donors (Lipinski definition) is 2. The van der Waals surface area contributed by atoms with Gasteiger partial charge in [0, 0.05) is 18.8 Å². The summed E-state index contributed by atoms with van der Waals surface area (Å²) in [7, 11) is 1.48. The molecule has 1 saturated carbocycles. The highest BCUT2D eigenvalue weighted by atomic mass is 16.5. The molecule has 0 amide bonds. The van der Waals surface area contributed by atoms with Crippen molar-refractivity contribution in [3.8, 4) is 23.3 Å². The van der Waals surface area contributed by atoms with Crippen LogP contribution in [0.2, 0.25) is 0 Å². The van der Waals surface area contributed by atoms with Gasteiger partial charge in [-0.05, 0) is 54.0 Å². The van der Waals surface area contributed by atoms with Gasteiger partial charge in [-0.1, -0.05) is 68.4 Å². The van der Waals surface area contributed by atoms with Gasteiger partial charge < -0.3 is 14.9 Å². The van der Waals surface area contributed by atoms with Gasteiger partial charge in [-0.25, -0.2) is 0 Å². The minimum atomic E-state index is -1.62. The minimum Gasteiger partial charge on any atom is -0.504 e. The van der Waals surface area contributed by atoms with Crippen LogP contribution in [0.5, 0.6) is 11.5 Å². The Hall–Kier alpha value is -3.10. The standard InChI is InChI=1S/C31H36O5/c1-36-29-19-24-17-18-27(32)31(35)30(34)23(16-15-21-9-4-2-5-10-21)13-8-14-25(26(24)20-28(29)33)22-11-6-3-7-12-22/h3,6-7,11-12,19-21,23,25,31,33,35H,2,4-5,9-10,13,15-18H2,1H3. The van der Waals surface area contributed by atoms with Crippen LogP contribution in [-0.2, 0) is 16.0 Å². The number of carbonyl (C=O) groups excluding carboxylic acids is 2. The molecule has 5 nitrogen and oxygen atoms in total. The van der Waals surface area contributed by atoms with Crippen molar-refractivity contribution < 1.29 is 24.5 Å². The zero-order valence-corrected chi connectivity index (χ0v) is 21.0. The molecule has 1 fully saturated rings. The molecule has 0 spiro atoms. The maximum atomic E-state index is 13.2. The molecule has 0 aromatic heterocycles. The van der Waals surface area contributed by atoms with E-state index >= 15 is 0 Å². The van der Waals surface area contributed by atoms with Crippen LogP contribution in [0.15, 0.2) is 42.5 Å². The number of methoxy groups -OCH3 is 1. The van der Waals surface area contributed by atoms with Crippen LogP contribution in [0.25, 0.3) is 0 Å². The molecule has 2 aromatic rings. The lowest BCUT2D eigenvalue weighted by molar-refractivity contribution is -0.141. The first-order chi connectivity index (χ1) is 17.5. The van der Waals surface area contributed by atoms with Gasteiger partial charge in [0.2, 0.25) is 0 Å². The maximum absolute atomic E-state index is 13.2. The number of aliphatic hydroxyl groups is 1. The Labute approximate surface area is 213 Å². The average Bonchev–Trinajstić information content (AvgIpc) is 2.91. The van der Waals surface area contributed by atoms with Crippen molar-refractivity contribution in [3.63, 3.8) is 0 Å². The molecule has 2 aliphatic rings. The van der Waals surface area contributed by atoms with Crippen LogP contribution in [0.3, 0.4) is 0 Å². The molecule has 36 heavy (non-hydrogen) atoms. The predicted molar refractivity (Wildman–Crippen MR) is 139 cm³/mol. The first kappa shape index (κ1) is 26.0. The molecular weight excluding hydrogens is 452 g/mol. The van der Waals surface area contributed by atoms with E-state index in [0.717, 1.165) is 23.1 Å². The van der Waals surface area contributed by atoms with Crippen LogP contribution in [0.1, 0.15) is 80.4 Å². The molecule has 2 N–H and O–H groups in total. The third-order valence-electron chi connectivity index (χ3n) is 7.75. The van der Waals surface area contributed by atoms with Crippen LogP contribution < -0.4 is 4.74 Å². The third kappa shape index (κ3) is 6.17. The van der Waals surface area contributed by atoms with Gasteiger partial charge in [-0.15, -0.1) is 5.92 Å². The van der Waals surface area contributed by atoms with Gasteiger partial charge in [-0.2, -0.15) is 0 Å². The molecule has 3 unspecified atom stereocenters. The minimum absolute atomic E-state index is 0.0120. The van der Waals surface area contributed by atoms with E-state index in [2.05, 4.69) is 11.8 Å². The molecule has 0 saturated heterocycles. The first-order valence-corrected chi connectivity index (χ1v) is 13.2. The molecule has 0 bridgehead atoms. The van der Waals surface area contributed by atoms with Gasteiger partial charge >= 0.3 is 0 Å². The van der Waals surface area contributed by atoms with Crippen molar-refractivity contribution in [2.24, 2.45) is 11.8 Å². The van der Waals surface area contributed by atoms with Gasteiger partial charge in [0.05, 0.1) is 13.0 Å². The summed E-state index contributed by atoms with van der Waals surface area (Å²) >= 11 is 0. The number of Topliss-reactive ketones (excluding diaryl/α,β-unsaturated/α-hetero) is 2. The van der Waals surface area contributed by atoms with Crippen molar-refractivity contribution in [1.82, 2.24) is 0 Å². The highest BCUT2D eigenvalue weighted by molar-refractivity contribution is 6.06. The molecule has 2 aromatic carbocycles. The van der Waals surface area contributed by atoms with Gasteiger partial charge in [-0.3, -0.25) is 9.59 Å². The summed E-state index contributed by atoms with van der Waals surface area (Å²) in [5.74, 6) is 5.89. The molecular formula is C31H36O5. The molecule has 0 aliphatic heterocycles. The Morgan fingerprint density at radius 2 is 1.75 bits per heavy atom. The summed E-state index contributed by atoms with van der Waals surface area (Å²) in [4.78, 5) is 26.1. The predicted octanol–water partition coefficient (Wildman–Crippen LogP) is 5.35. The third-order valence-corrected chi connectivity index (χ3v) is 7.75. The van der Waals surface area contributed by atoms with Crippen molar-refractivity contribution in [2.45, 2.75) is 76.2 Å². The fraction of sp³-hybridized carbons (Fsp3) is 0.484. The number of carbonyl (C=O) groups is 2. The fourth-order valence-corrected chi connectivity index (χ4v) is 5.58. The number of aryl methyl sites for hydroxylation is 1. The molecule has 0 heterocycles. The summed E-state index contributed by atoms with van der Waals surface area (Å²) < 4.78 is 5.31. The number of ether oxygens (including phenoxy) is 1. The van der Waals surface area contributed by atoms with E-state index < -0.39 is 23.6 Å². The quantitative estimate of drug-likeness (QED) is 0.438. The second-order valence-corrected chi connectivity index (χ2v) is 10.1. The normalized spacial score (nSPS) is 23.6. The monoisotopic (exact) mass is 488 g/mol. The number of phenolic OH excluding ortho intramolecular Hbond substituents is 1. The lowest BCUT2D eigenvalue weighted by Gasteiger charge is -2.24. The fourth-order valence-electron chi connectivity index (χ4n) is 5.58. The topological polar surface area (TPSA) is 83.8 Å². The smallest absolute Gasteiger partial charge is 0.172 e. The van der Waals surface area contributed by atoms with E-state index in [1.165, 1.54) is 39.2 Å². The van der Waals surface area contributed by atoms with Crippen LogP contribution >= 0.6 is 0 Å². The van der Waals surface area contributed by atoms with Crippen molar-refractivity contribution in [3.05, 3.63) is 59.2 Å². The number of rotatable bonds is 5. The van der Waals surface area contributed by atoms with Gasteiger partial charge in [0.25, 0.3) is 0 Å². The molecule has 3 atom stereocenters. The maximum Gasteiger partial charge on any atom is 0.172 e. The Bertz CT molecular complexity index is 1120. The largest absolute Gasteiger partial charge is 0.504 e. The van der Waals surface area contributed by atoms with E-state index in [9.17, 15) is 19.8 Å². The van der Waals surface area contributed by atoms with E-state index in [0.29, 0.717) is 30.9 Å². The number of fused-ring (bicyclic) bond motifs is 1. The van der Waals surface area contributed by atoms with E-state index in [-0.39, 0.29) is 18.1 Å². The van der Waals surface area contributed by atoms with Crippen molar-refractivity contribution in [2.75, 3.05) is 7.11 Å². The summed E-state index contributed by atoms with van der Waals surface area (Å²) in [5, 5.41) is 21.2. The molecule has 4 rings (SSSR count). The zero-order chi connectivity index (χ0) is 25.5. The Morgan fingerprint density at radius 3 is 2.47 bits per heavy atom. The number of aromatic hydroxyl groups is 1. The Balaban J connectivity index is 1.70. The highest BCUT2D eigenvalue weighted by Gasteiger charge is 2.31. The lowest BCUT2D eigenvalue weighted by atomic mass is 9.81. The van der Waals surface area contributed by atoms with Gasteiger partial charge in [0.15, 0.2) is 29.2 Å². The summed E-state index contributed by atoms with van der Waals surface area (Å²) in [5.41, 5.74) is 2.58. The second-order valence-electron chi connectivity index (χ2n) is 10.1. The zero-order valence-electron chi connectivity index (χ0n) is 21.0. The van der Waals surface area contributed by atoms with Crippen LogP contribution in [0.4, 0.5) is 0 Å². The Morgan fingerprint density at radius 1 is 1.00 bits per heavy atom. The lowest BCUT2D eigenvalue weighted by Crippen LogP contribution is -2.35. The SMILES string of the molecule is COc1cc2c(cc1O)C(c1ccccc1)C#CCC(CCC1CCCCC1)C(=O)C(O)C(=O)CC2. The second kappa shape index (κ2) is 12.2. The number of phenols is 1. The molecule has 2 aliphatic carbocycles. The summed E-state index contributed by atoms with van der Waals surface area (Å²) in [6.07, 6.45) is 6.73. The van der Waals surface area contributed by atoms with Crippen LogP contribution in [0, 0.1) is 23.7 Å².